The summed E-state index contributed by atoms with van der Waals surface area (Å²) >= 11 is 6.19. The summed E-state index contributed by atoms with van der Waals surface area (Å²) in [5.74, 6) is 0.155. The summed E-state index contributed by atoms with van der Waals surface area (Å²) in [7, 11) is 0.642. The molecule has 1 aliphatic heterocycles. The third-order valence-corrected chi connectivity index (χ3v) is 7.94. The summed E-state index contributed by atoms with van der Waals surface area (Å²) in [6.07, 6.45) is 3.42. The molecule has 3 aromatic heterocycles. The molecule has 0 saturated heterocycles. The number of nitrogens with zero attached hydrogens (tertiary/aromatic N) is 6. The van der Waals surface area contributed by atoms with Gasteiger partial charge in [0.1, 0.15) is 23.6 Å². The third-order valence-electron chi connectivity index (χ3n) is 6.00. The van der Waals surface area contributed by atoms with Crippen LogP contribution in [0.5, 0.6) is 0 Å². The molecule has 0 atom stereocenters. The second-order valence-corrected chi connectivity index (χ2v) is 16.1. The number of benzene rings is 1. The average Bonchev–Trinajstić information content (AvgIpc) is 3.54. The van der Waals surface area contributed by atoms with Crippen molar-refractivity contribution in [3.8, 4) is 11.4 Å². The van der Waals surface area contributed by atoms with Crippen LogP contribution in [0.3, 0.4) is 0 Å². The predicted molar refractivity (Wildman–Crippen MR) is 144 cm³/mol. The van der Waals surface area contributed by atoms with Gasteiger partial charge < -0.3 is 14.6 Å². The Balaban J connectivity index is 1.53. The Bertz CT molecular complexity index is 1490. The number of hydrogen-bond donors (Lipinski definition) is 2. The van der Waals surface area contributed by atoms with E-state index in [0.29, 0.717) is 58.8 Å². The molecule has 1 aromatic carbocycles. The molecular formula is C24H29ClN8O2Si. The van der Waals surface area contributed by atoms with E-state index in [4.69, 9.17) is 21.3 Å². The van der Waals surface area contributed by atoms with Crippen molar-refractivity contribution in [3.05, 3.63) is 41.2 Å². The largest absolute Gasteiger partial charge is 0.361 e. The van der Waals surface area contributed by atoms with Gasteiger partial charge in [-0.15, -0.1) is 0 Å². The number of guanidine groups is 1. The summed E-state index contributed by atoms with van der Waals surface area (Å²) in [6.45, 7) is 9.20. The van der Waals surface area contributed by atoms with Gasteiger partial charge in [-0.3, -0.25) is 19.8 Å². The molecule has 0 spiro atoms. The molecule has 0 saturated carbocycles. The zero-order valence-electron chi connectivity index (χ0n) is 20.8. The van der Waals surface area contributed by atoms with Crippen LogP contribution in [0.4, 0.5) is 0 Å². The fourth-order valence-corrected chi connectivity index (χ4v) is 4.97. The highest BCUT2D eigenvalue weighted by atomic mass is 35.5. The molecule has 4 aromatic rings. The van der Waals surface area contributed by atoms with E-state index in [-0.39, 0.29) is 12.6 Å². The molecule has 0 radical (unpaired) electrons. The molecule has 0 unspecified atom stereocenters. The first-order valence-electron chi connectivity index (χ1n) is 11.9. The maximum atomic E-state index is 13.2. The van der Waals surface area contributed by atoms with Gasteiger partial charge in [0.2, 0.25) is 0 Å². The molecule has 188 valence electrons. The van der Waals surface area contributed by atoms with Crippen LogP contribution in [0.2, 0.25) is 30.7 Å². The van der Waals surface area contributed by atoms with Crippen molar-refractivity contribution in [2.24, 2.45) is 12.0 Å². The number of ether oxygens (including phenoxy) is 1. The first kappa shape index (κ1) is 24.4. The highest BCUT2D eigenvalue weighted by Crippen LogP contribution is 2.30. The topological polar surface area (TPSA) is 111 Å². The Morgan fingerprint density at radius 1 is 1.31 bits per heavy atom. The summed E-state index contributed by atoms with van der Waals surface area (Å²) < 4.78 is 9.54. The maximum Gasteiger partial charge on any atom is 0.261 e. The number of carbonyl (C=O) groups is 1. The number of fused-ring (bicyclic) bond motifs is 2. The minimum atomic E-state index is -1.22. The van der Waals surface area contributed by atoms with Gasteiger partial charge in [0.05, 0.1) is 23.8 Å². The summed E-state index contributed by atoms with van der Waals surface area (Å²) in [5.41, 5.74) is 3.57. The summed E-state index contributed by atoms with van der Waals surface area (Å²) in [6, 6.07) is 6.66. The summed E-state index contributed by atoms with van der Waals surface area (Å²) in [4.78, 5) is 27.0. The van der Waals surface area contributed by atoms with Crippen LogP contribution in [0.1, 0.15) is 10.4 Å². The van der Waals surface area contributed by atoms with Gasteiger partial charge in [-0.25, -0.2) is 9.97 Å². The summed E-state index contributed by atoms with van der Waals surface area (Å²) in [5, 5.41) is 12.1. The molecule has 0 fully saturated rings. The smallest absolute Gasteiger partial charge is 0.261 e. The Morgan fingerprint density at radius 3 is 2.89 bits per heavy atom. The first-order valence-corrected chi connectivity index (χ1v) is 15.9. The van der Waals surface area contributed by atoms with E-state index in [1.54, 1.807) is 17.1 Å². The highest BCUT2D eigenvalue weighted by Gasteiger charge is 2.22. The number of halogens is 1. The molecule has 4 heterocycles. The van der Waals surface area contributed by atoms with E-state index < -0.39 is 8.07 Å². The maximum absolute atomic E-state index is 13.2. The van der Waals surface area contributed by atoms with Gasteiger partial charge in [-0.05, 0) is 24.2 Å². The molecule has 10 nitrogen and oxygen atoms in total. The van der Waals surface area contributed by atoms with Crippen molar-refractivity contribution in [1.82, 2.24) is 34.9 Å². The first-order chi connectivity index (χ1) is 17.2. The third kappa shape index (κ3) is 4.99. The lowest BCUT2D eigenvalue weighted by Crippen LogP contribution is -2.38. The lowest BCUT2D eigenvalue weighted by molar-refractivity contribution is 0.0893. The van der Waals surface area contributed by atoms with Gasteiger partial charge in [-0.1, -0.05) is 31.2 Å². The van der Waals surface area contributed by atoms with E-state index in [9.17, 15) is 4.79 Å². The fourth-order valence-electron chi connectivity index (χ4n) is 4.05. The number of carbonyl (C=O) groups excluding carboxylic acids is 1. The van der Waals surface area contributed by atoms with Crippen LogP contribution in [0.25, 0.3) is 33.5 Å². The Morgan fingerprint density at radius 2 is 2.14 bits per heavy atom. The Labute approximate surface area is 214 Å². The zero-order valence-corrected chi connectivity index (χ0v) is 22.6. The van der Waals surface area contributed by atoms with E-state index in [2.05, 4.69) is 45.3 Å². The van der Waals surface area contributed by atoms with E-state index in [1.807, 2.05) is 29.8 Å². The fraction of sp³-hybridized carbons (Fsp3) is 0.375. The Hall–Kier alpha value is -3.28. The number of hydrogen-bond acceptors (Lipinski definition) is 7. The molecule has 0 bridgehead atoms. The van der Waals surface area contributed by atoms with Crippen LogP contribution in [-0.2, 0) is 18.5 Å². The average molecular weight is 525 g/mol. The van der Waals surface area contributed by atoms with Crippen molar-refractivity contribution in [1.29, 1.82) is 0 Å². The van der Waals surface area contributed by atoms with Crippen molar-refractivity contribution in [3.63, 3.8) is 0 Å². The number of aryl methyl sites for hydroxylation is 1. The molecule has 0 aliphatic carbocycles. The number of rotatable bonds is 7. The SMILES string of the molecule is Cn1nc(-c2cnc3c(n2)c(C(=O)NC2=NCCN2)cn3COCC[Si](C)(C)C)c2ccc(Cl)cc21. The number of nitrogens with one attached hydrogen (secondary N) is 2. The van der Waals surface area contributed by atoms with Crippen molar-refractivity contribution in [2.45, 2.75) is 32.4 Å². The second-order valence-electron chi connectivity index (χ2n) is 10.0. The zero-order chi connectivity index (χ0) is 25.4. The van der Waals surface area contributed by atoms with Crippen LogP contribution in [-0.4, -0.2) is 64.0 Å². The number of aliphatic imine (C=N–C) groups is 1. The van der Waals surface area contributed by atoms with Crippen molar-refractivity contribution >= 4 is 53.6 Å². The van der Waals surface area contributed by atoms with E-state index in [0.717, 1.165) is 16.9 Å². The highest BCUT2D eigenvalue weighted by molar-refractivity contribution is 6.76. The van der Waals surface area contributed by atoms with E-state index >= 15 is 0 Å². The standard InChI is InChI=1S/C24H29ClN8O2Si/c1-32-19-11-15(25)5-6-16(19)20(31-32)18-12-28-22-21(29-18)17(23(34)30-24-26-7-8-27-24)13-33(22)14-35-9-10-36(2,3)4/h5-6,11-13H,7-10,14H2,1-4H3,(H2,26,27,30,34). The van der Waals surface area contributed by atoms with Gasteiger partial charge in [0.15, 0.2) is 11.6 Å². The minimum absolute atomic E-state index is 0.284. The lowest BCUT2D eigenvalue weighted by Gasteiger charge is -2.15. The quantitative estimate of drug-likeness (QED) is 0.282. The molecule has 1 aliphatic rings. The molecule has 12 heteroatoms. The second kappa shape index (κ2) is 9.64. The lowest BCUT2D eigenvalue weighted by atomic mass is 10.1. The molecule has 5 rings (SSSR count). The van der Waals surface area contributed by atoms with Gasteiger partial charge in [0, 0.05) is 44.9 Å². The minimum Gasteiger partial charge on any atom is -0.361 e. The Kier molecular flexibility index (Phi) is 6.54. The van der Waals surface area contributed by atoms with Crippen molar-refractivity contribution in [2.75, 3.05) is 19.7 Å². The van der Waals surface area contributed by atoms with Crippen LogP contribution in [0.15, 0.2) is 35.6 Å². The molecule has 2 N–H and O–H groups in total. The van der Waals surface area contributed by atoms with Gasteiger partial charge >= 0.3 is 0 Å². The molecule has 1 amide bonds. The normalized spacial score (nSPS) is 13.9. The van der Waals surface area contributed by atoms with Crippen LogP contribution in [0, 0.1) is 0 Å². The van der Waals surface area contributed by atoms with Crippen molar-refractivity contribution < 1.29 is 9.53 Å². The van der Waals surface area contributed by atoms with E-state index in [1.165, 1.54) is 0 Å². The number of amides is 1. The molecular weight excluding hydrogens is 496 g/mol. The monoisotopic (exact) mass is 524 g/mol. The molecule has 36 heavy (non-hydrogen) atoms. The van der Waals surface area contributed by atoms with Gasteiger partial charge in [0.25, 0.3) is 5.91 Å². The predicted octanol–water partition coefficient (Wildman–Crippen LogP) is 3.64. The number of aromatic nitrogens is 5. The van der Waals surface area contributed by atoms with Gasteiger partial charge in [-0.2, -0.15) is 5.10 Å². The van der Waals surface area contributed by atoms with Crippen LogP contribution >= 0.6 is 11.6 Å². The van der Waals surface area contributed by atoms with Crippen LogP contribution < -0.4 is 10.6 Å².